The molecule has 0 bridgehead atoms. The first kappa shape index (κ1) is 60.9. The van der Waals surface area contributed by atoms with Crippen molar-refractivity contribution < 1.29 is 37.9 Å². The van der Waals surface area contributed by atoms with Crippen LogP contribution in [-0.2, 0) is 27.9 Å². The Labute approximate surface area is 395 Å². The Morgan fingerprint density at radius 3 is 1.25 bits per heavy atom. The summed E-state index contributed by atoms with van der Waals surface area (Å²) in [6.45, 7) is 3.21. The van der Waals surface area contributed by atoms with Gasteiger partial charge in [-0.2, -0.15) is 0 Å². The fourth-order valence-corrected chi connectivity index (χ4v) is 6.44. The van der Waals surface area contributed by atoms with Crippen LogP contribution in [0.3, 0.4) is 0 Å². The highest BCUT2D eigenvalue weighted by molar-refractivity contribution is 7.47. The second-order valence-electron chi connectivity index (χ2n) is 15.3. The zero-order chi connectivity index (χ0) is 47.4. The number of hydrogen-bond acceptors (Lipinski definition) is 7. The molecule has 1 amide bonds. The zero-order valence-electron chi connectivity index (χ0n) is 40.1. The quantitative estimate of drug-likeness (QED) is 0.0238. The second kappa shape index (κ2) is 49.3. The highest BCUT2D eigenvalue weighted by Crippen LogP contribution is 2.42. The van der Waals surface area contributed by atoms with Crippen molar-refractivity contribution in [3.63, 3.8) is 0 Å². The van der Waals surface area contributed by atoms with Crippen LogP contribution in [0.1, 0.15) is 155 Å². The van der Waals surface area contributed by atoms with Gasteiger partial charge in [0.05, 0.1) is 13.2 Å². The lowest BCUT2D eigenvalue weighted by molar-refractivity contribution is -0.147. The maximum absolute atomic E-state index is 12.1. The van der Waals surface area contributed by atoms with Crippen molar-refractivity contribution in [1.82, 2.24) is 5.32 Å². The first-order chi connectivity index (χ1) is 31.8. The number of hydrogen-bond donors (Lipinski definition) is 3. The summed E-state index contributed by atoms with van der Waals surface area (Å²) in [6.07, 6.45) is 70.7. The number of rotatable bonds is 43. The van der Waals surface area contributed by atoms with Gasteiger partial charge in [0.1, 0.15) is 12.7 Å². The van der Waals surface area contributed by atoms with E-state index < -0.39 is 26.5 Å². The predicted molar refractivity (Wildman–Crippen MR) is 274 cm³/mol. The third-order valence-electron chi connectivity index (χ3n) is 9.26. The molecule has 0 rings (SSSR count). The third kappa shape index (κ3) is 50.7. The molecule has 0 aliphatic carbocycles. The highest BCUT2D eigenvalue weighted by Gasteiger charge is 2.23. The normalized spacial score (nSPS) is 14.5. The van der Waals surface area contributed by atoms with Crippen LogP contribution in [0.5, 0.6) is 0 Å². The van der Waals surface area contributed by atoms with Crippen molar-refractivity contribution in [3.05, 3.63) is 146 Å². The number of amides is 1. The number of ether oxygens (including phenoxy) is 1. The fraction of sp³-hybridized carbons (Fsp3) is 0.527. The maximum Gasteiger partial charge on any atom is 0.472 e. The van der Waals surface area contributed by atoms with Gasteiger partial charge in [-0.05, 0) is 116 Å². The molecule has 9 nitrogen and oxygen atoms in total. The molecule has 0 saturated carbocycles. The Kier molecular flexibility index (Phi) is 46.2. The minimum absolute atomic E-state index is 0.0442. The summed E-state index contributed by atoms with van der Waals surface area (Å²) in [7, 11) is -4.45. The lowest BCUT2D eigenvalue weighted by Crippen LogP contribution is -2.27. The molecule has 3 N–H and O–H groups in total. The van der Waals surface area contributed by atoms with Gasteiger partial charge < -0.3 is 20.1 Å². The lowest BCUT2D eigenvalue weighted by Gasteiger charge is -2.15. The number of aliphatic hydroxyl groups excluding tert-OH is 1. The molecule has 364 valence electrons. The molecule has 0 saturated heterocycles. The minimum Gasteiger partial charge on any atom is -0.463 e. The molecular formula is C55H86NO8P. The molecule has 0 heterocycles. The molecule has 0 radical (unpaired) electrons. The minimum atomic E-state index is -4.45. The van der Waals surface area contributed by atoms with Crippen LogP contribution in [0.15, 0.2) is 146 Å². The second-order valence-corrected chi connectivity index (χ2v) is 16.8. The molecule has 0 fully saturated rings. The summed E-state index contributed by atoms with van der Waals surface area (Å²) in [5.74, 6) is -0.600. The lowest BCUT2D eigenvalue weighted by atomic mass is 10.1. The van der Waals surface area contributed by atoms with Gasteiger partial charge in [-0.1, -0.05) is 173 Å². The Morgan fingerprint density at radius 1 is 0.477 bits per heavy atom. The van der Waals surface area contributed by atoms with Gasteiger partial charge in [-0.15, -0.1) is 0 Å². The monoisotopic (exact) mass is 920 g/mol. The summed E-state index contributed by atoms with van der Waals surface area (Å²) in [6, 6.07) is 0. The Morgan fingerprint density at radius 2 is 0.831 bits per heavy atom. The molecule has 0 spiro atoms. The van der Waals surface area contributed by atoms with E-state index in [0.717, 1.165) is 122 Å². The van der Waals surface area contributed by atoms with Crippen LogP contribution in [0.2, 0.25) is 0 Å². The van der Waals surface area contributed by atoms with Gasteiger partial charge in [0.2, 0.25) is 5.91 Å². The van der Waals surface area contributed by atoms with E-state index in [4.69, 9.17) is 13.8 Å². The van der Waals surface area contributed by atoms with Crippen molar-refractivity contribution in [1.29, 1.82) is 0 Å². The van der Waals surface area contributed by atoms with Crippen LogP contribution in [-0.4, -0.2) is 54.3 Å². The van der Waals surface area contributed by atoms with Gasteiger partial charge in [0, 0.05) is 19.4 Å². The first-order valence-electron chi connectivity index (χ1n) is 24.3. The summed E-state index contributed by atoms with van der Waals surface area (Å²) < 4.78 is 26.9. The van der Waals surface area contributed by atoms with Crippen LogP contribution in [0.4, 0.5) is 0 Å². The fourth-order valence-electron chi connectivity index (χ4n) is 5.68. The van der Waals surface area contributed by atoms with E-state index in [9.17, 15) is 24.2 Å². The van der Waals surface area contributed by atoms with E-state index in [1.165, 1.54) is 0 Å². The van der Waals surface area contributed by atoms with Gasteiger partial charge in [0.15, 0.2) is 0 Å². The smallest absolute Gasteiger partial charge is 0.463 e. The number of allylic oxidation sites excluding steroid dienone is 24. The number of carbonyl (C=O) groups is 2. The average Bonchev–Trinajstić information content (AvgIpc) is 3.29. The average molecular weight is 920 g/mol. The van der Waals surface area contributed by atoms with E-state index in [-0.39, 0.29) is 32.1 Å². The molecule has 0 aromatic rings. The molecular weight excluding hydrogens is 834 g/mol. The molecule has 0 aromatic carbocycles. The number of carbonyl (C=O) groups excluding carboxylic acids is 2. The van der Waals surface area contributed by atoms with Crippen molar-refractivity contribution in [2.24, 2.45) is 0 Å². The van der Waals surface area contributed by atoms with Gasteiger partial charge in [0.25, 0.3) is 0 Å². The number of phosphoric ester groups is 1. The molecule has 0 aliphatic heterocycles. The molecule has 0 aromatic heterocycles. The standard InChI is InChI=1S/C55H86NO8P/c1-3-5-7-9-11-13-15-17-19-21-23-25-26-28-30-32-34-36-38-40-42-44-46-48-55(59)62-51-53(57)52-64-65(60,61)63-50-49-56-54(58)47-45-43-41-39-37-35-33-31-29-27-24-22-20-18-16-14-12-10-8-6-4-2/h5-8,11-14,17-20,23-25,27-28,30-31,33-34,36-37,39,53,57H,3-4,9-10,15-16,21-22,26,29,32,35,38,40-52H2,1-2H3,(H,56,58)(H,60,61)/b7-5-,8-6-,13-11-,14-12-,19-17-,20-18-,25-23-,27-24-,30-28-,33-31-,36-34-,39-37-. The summed E-state index contributed by atoms with van der Waals surface area (Å²) in [5, 5.41) is 12.7. The van der Waals surface area contributed by atoms with Crippen molar-refractivity contribution in [2.45, 2.75) is 161 Å². The molecule has 2 unspecified atom stereocenters. The summed E-state index contributed by atoms with van der Waals surface area (Å²) in [5.41, 5.74) is 0. The molecule has 2 atom stereocenters. The SMILES string of the molecule is CC/C=C\C/C=C\C/C=C\C/C=C\C/C=C\C/C=C\CCCCCCC(=O)OCC(O)COP(=O)(O)OCCNC(=O)CCCC/C=C\C/C=C\C/C=C\C/C=C\C/C=C\C/C=C\CC. The number of unbranched alkanes of at least 4 members (excludes halogenated alkanes) is 6. The Bertz CT molecular complexity index is 1560. The Balaban J connectivity index is 3.75. The number of nitrogens with one attached hydrogen (secondary N) is 1. The van der Waals surface area contributed by atoms with Crippen molar-refractivity contribution >= 4 is 19.7 Å². The van der Waals surface area contributed by atoms with E-state index in [1.807, 2.05) is 0 Å². The van der Waals surface area contributed by atoms with Crippen LogP contribution >= 0.6 is 7.82 Å². The van der Waals surface area contributed by atoms with Crippen molar-refractivity contribution in [3.8, 4) is 0 Å². The highest BCUT2D eigenvalue weighted by atomic mass is 31.2. The Hall–Kier alpha value is -4.11. The van der Waals surface area contributed by atoms with Crippen molar-refractivity contribution in [2.75, 3.05) is 26.4 Å². The van der Waals surface area contributed by atoms with E-state index in [1.54, 1.807) is 0 Å². The number of phosphoric acid groups is 1. The largest absolute Gasteiger partial charge is 0.472 e. The topological polar surface area (TPSA) is 131 Å². The number of esters is 1. The molecule has 65 heavy (non-hydrogen) atoms. The van der Waals surface area contributed by atoms with Crippen LogP contribution < -0.4 is 5.32 Å². The van der Waals surface area contributed by atoms with E-state index >= 15 is 0 Å². The van der Waals surface area contributed by atoms with Crippen LogP contribution in [0.25, 0.3) is 0 Å². The van der Waals surface area contributed by atoms with E-state index in [2.05, 4.69) is 165 Å². The van der Waals surface area contributed by atoms with Gasteiger partial charge >= 0.3 is 13.8 Å². The van der Waals surface area contributed by atoms with Gasteiger partial charge in [-0.3, -0.25) is 18.6 Å². The third-order valence-corrected chi connectivity index (χ3v) is 10.2. The van der Waals surface area contributed by atoms with E-state index in [0.29, 0.717) is 12.8 Å². The maximum atomic E-state index is 12.1. The van der Waals surface area contributed by atoms with Crippen LogP contribution in [0, 0.1) is 0 Å². The van der Waals surface area contributed by atoms with Gasteiger partial charge in [-0.25, -0.2) is 4.57 Å². The first-order valence-corrected chi connectivity index (χ1v) is 25.8. The molecule has 10 heteroatoms. The predicted octanol–water partition coefficient (Wildman–Crippen LogP) is 14.4. The zero-order valence-corrected chi connectivity index (χ0v) is 41.0. The number of aliphatic hydroxyl groups is 1. The summed E-state index contributed by atoms with van der Waals surface area (Å²) in [4.78, 5) is 34.0. The molecule has 0 aliphatic rings. The summed E-state index contributed by atoms with van der Waals surface area (Å²) >= 11 is 0.